The number of likely N-dealkylation sites (tertiary alicyclic amines) is 1. The molecule has 0 radical (unpaired) electrons. The highest BCUT2D eigenvalue weighted by atomic mass is 127. The maximum atomic E-state index is 12.5. The SMILES string of the molecule is CCC(CC)C(=O)N1CCC(NC(=NC)NCc2ncc(C(C)(C)C)o2)CC1.I. The molecule has 1 fully saturated rings. The summed E-state index contributed by atoms with van der Waals surface area (Å²) >= 11 is 0. The third kappa shape index (κ3) is 7.46. The standard InChI is InChI=1S/C21H37N5O2.HI/c1-7-15(8-2)19(27)26-11-9-16(10-12-26)25-20(22-6)24-14-18-23-13-17(28-18)21(3,4)5;/h13,15-16H,7-12,14H2,1-6H3,(H2,22,24,25);1H. The molecule has 2 rings (SSSR count). The Hall–Kier alpha value is -1.32. The van der Waals surface area contributed by atoms with Crippen LogP contribution in [-0.4, -0.2) is 47.9 Å². The number of hydrogen-bond acceptors (Lipinski definition) is 4. The fourth-order valence-corrected chi connectivity index (χ4v) is 3.43. The molecule has 1 aromatic heterocycles. The molecule has 0 saturated carbocycles. The molecule has 2 N–H and O–H groups in total. The predicted molar refractivity (Wildman–Crippen MR) is 128 cm³/mol. The van der Waals surface area contributed by atoms with E-state index in [0.29, 0.717) is 24.4 Å². The molecule has 7 nitrogen and oxygen atoms in total. The maximum absolute atomic E-state index is 12.5. The summed E-state index contributed by atoms with van der Waals surface area (Å²) < 4.78 is 5.82. The molecule has 1 amide bonds. The van der Waals surface area contributed by atoms with Crippen LogP contribution in [0.4, 0.5) is 0 Å². The van der Waals surface area contributed by atoms with Crippen molar-refractivity contribution in [1.82, 2.24) is 20.5 Å². The summed E-state index contributed by atoms with van der Waals surface area (Å²) in [6.45, 7) is 12.6. The first-order chi connectivity index (χ1) is 13.3. The second-order valence-corrected chi connectivity index (χ2v) is 8.55. The van der Waals surface area contributed by atoms with Gasteiger partial charge in [-0.2, -0.15) is 0 Å². The van der Waals surface area contributed by atoms with Crippen LogP contribution in [-0.2, 0) is 16.8 Å². The molecule has 1 saturated heterocycles. The Balaban J connectivity index is 0.00000420. The minimum absolute atomic E-state index is 0. The molecule has 0 aliphatic carbocycles. The van der Waals surface area contributed by atoms with Gasteiger partial charge in [-0.1, -0.05) is 34.6 Å². The van der Waals surface area contributed by atoms with E-state index < -0.39 is 0 Å². The van der Waals surface area contributed by atoms with Crippen LogP contribution in [0.25, 0.3) is 0 Å². The maximum Gasteiger partial charge on any atom is 0.225 e. The highest BCUT2D eigenvalue weighted by Gasteiger charge is 2.27. The molecule has 0 unspecified atom stereocenters. The van der Waals surface area contributed by atoms with Gasteiger partial charge in [0, 0.05) is 37.5 Å². The van der Waals surface area contributed by atoms with Gasteiger partial charge >= 0.3 is 0 Å². The predicted octanol–water partition coefficient (Wildman–Crippen LogP) is 3.68. The molecule has 0 bridgehead atoms. The van der Waals surface area contributed by atoms with Gasteiger partial charge in [0.1, 0.15) is 5.76 Å². The Morgan fingerprint density at radius 1 is 1.31 bits per heavy atom. The number of halogens is 1. The van der Waals surface area contributed by atoms with Gasteiger partial charge in [-0.3, -0.25) is 9.79 Å². The summed E-state index contributed by atoms with van der Waals surface area (Å²) in [7, 11) is 1.76. The lowest BCUT2D eigenvalue weighted by Crippen LogP contribution is -2.50. The molecule has 1 aromatic rings. The smallest absolute Gasteiger partial charge is 0.225 e. The zero-order chi connectivity index (χ0) is 20.7. The van der Waals surface area contributed by atoms with E-state index in [2.05, 4.69) is 55.2 Å². The number of nitrogens with one attached hydrogen (secondary N) is 2. The monoisotopic (exact) mass is 519 g/mol. The van der Waals surface area contributed by atoms with Crippen molar-refractivity contribution in [2.45, 2.75) is 78.3 Å². The first-order valence-corrected chi connectivity index (χ1v) is 10.5. The van der Waals surface area contributed by atoms with E-state index in [1.54, 1.807) is 13.2 Å². The van der Waals surface area contributed by atoms with Crippen LogP contribution in [0.15, 0.2) is 15.6 Å². The van der Waals surface area contributed by atoms with Crippen molar-refractivity contribution < 1.29 is 9.21 Å². The molecule has 166 valence electrons. The van der Waals surface area contributed by atoms with Crippen LogP contribution in [0.5, 0.6) is 0 Å². The van der Waals surface area contributed by atoms with Gasteiger partial charge < -0.3 is 20.0 Å². The third-order valence-electron chi connectivity index (χ3n) is 5.41. The molecule has 2 heterocycles. The van der Waals surface area contributed by atoms with E-state index >= 15 is 0 Å². The van der Waals surface area contributed by atoms with Crippen molar-refractivity contribution in [2.24, 2.45) is 10.9 Å². The molecule has 1 aliphatic heterocycles. The molecule has 0 aromatic carbocycles. The van der Waals surface area contributed by atoms with Gasteiger partial charge in [0.05, 0.1) is 12.7 Å². The second-order valence-electron chi connectivity index (χ2n) is 8.55. The zero-order valence-electron chi connectivity index (χ0n) is 18.7. The van der Waals surface area contributed by atoms with E-state index in [-0.39, 0.29) is 35.3 Å². The number of guanidine groups is 1. The summed E-state index contributed by atoms with van der Waals surface area (Å²) in [5.74, 6) is 2.74. The summed E-state index contributed by atoms with van der Waals surface area (Å²) in [4.78, 5) is 23.2. The number of aliphatic imine (C=N–C) groups is 1. The molecule has 29 heavy (non-hydrogen) atoms. The van der Waals surface area contributed by atoms with E-state index in [4.69, 9.17) is 4.42 Å². The van der Waals surface area contributed by atoms with E-state index in [1.807, 2.05) is 4.90 Å². The normalized spacial score (nSPS) is 16.0. The zero-order valence-corrected chi connectivity index (χ0v) is 21.1. The summed E-state index contributed by atoms with van der Waals surface area (Å²) in [6.07, 6.45) is 5.49. The van der Waals surface area contributed by atoms with E-state index in [0.717, 1.165) is 50.5 Å². The van der Waals surface area contributed by atoms with Crippen LogP contribution < -0.4 is 10.6 Å². The van der Waals surface area contributed by atoms with Gasteiger partial charge in [0.25, 0.3) is 0 Å². The van der Waals surface area contributed by atoms with Crippen LogP contribution >= 0.6 is 24.0 Å². The minimum atomic E-state index is -0.0505. The quantitative estimate of drug-likeness (QED) is 0.341. The Kier molecular flexibility index (Phi) is 10.4. The van der Waals surface area contributed by atoms with Crippen molar-refractivity contribution in [3.63, 3.8) is 0 Å². The van der Waals surface area contributed by atoms with Gasteiger partial charge in [-0.05, 0) is 25.7 Å². The number of nitrogens with zero attached hydrogens (tertiary/aromatic N) is 3. The summed E-state index contributed by atoms with van der Waals surface area (Å²) in [5, 5.41) is 6.73. The van der Waals surface area contributed by atoms with E-state index in [9.17, 15) is 4.79 Å². The Bertz CT molecular complexity index is 656. The highest BCUT2D eigenvalue weighted by Crippen LogP contribution is 2.22. The average molecular weight is 519 g/mol. The lowest BCUT2D eigenvalue weighted by atomic mass is 9.94. The van der Waals surface area contributed by atoms with Crippen molar-refractivity contribution in [2.75, 3.05) is 20.1 Å². The molecular formula is C21H38IN5O2. The van der Waals surface area contributed by atoms with Gasteiger partial charge in [0.15, 0.2) is 5.96 Å². The second kappa shape index (κ2) is 11.8. The third-order valence-corrected chi connectivity index (χ3v) is 5.41. The number of piperidine rings is 1. The van der Waals surface area contributed by atoms with Crippen molar-refractivity contribution in [1.29, 1.82) is 0 Å². The van der Waals surface area contributed by atoms with Crippen molar-refractivity contribution >= 4 is 35.8 Å². The fraction of sp³-hybridized carbons (Fsp3) is 0.762. The van der Waals surface area contributed by atoms with E-state index in [1.165, 1.54) is 0 Å². The number of carbonyl (C=O) groups is 1. The first-order valence-electron chi connectivity index (χ1n) is 10.5. The number of oxazole rings is 1. The van der Waals surface area contributed by atoms with Crippen molar-refractivity contribution in [3.05, 3.63) is 17.8 Å². The number of rotatable bonds is 6. The first kappa shape index (κ1) is 25.7. The van der Waals surface area contributed by atoms with Gasteiger partial charge in [0.2, 0.25) is 11.8 Å². The van der Waals surface area contributed by atoms with Crippen molar-refractivity contribution in [3.8, 4) is 0 Å². The van der Waals surface area contributed by atoms with Crippen LogP contribution in [0.1, 0.15) is 72.0 Å². The van der Waals surface area contributed by atoms with Crippen LogP contribution in [0.2, 0.25) is 0 Å². The molecule has 0 atom stereocenters. The summed E-state index contributed by atoms with van der Waals surface area (Å²) in [5.41, 5.74) is -0.0505. The molecule has 0 spiro atoms. The Labute approximate surface area is 192 Å². The lowest BCUT2D eigenvalue weighted by molar-refractivity contribution is -0.136. The lowest BCUT2D eigenvalue weighted by Gasteiger charge is -2.34. The topological polar surface area (TPSA) is 82.8 Å². The number of aromatic nitrogens is 1. The Morgan fingerprint density at radius 2 is 1.93 bits per heavy atom. The number of carbonyl (C=O) groups excluding carboxylic acids is 1. The van der Waals surface area contributed by atoms with Crippen LogP contribution in [0, 0.1) is 5.92 Å². The average Bonchev–Trinajstić information content (AvgIpc) is 3.16. The van der Waals surface area contributed by atoms with Crippen LogP contribution in [0.3, 0.4) is 0 Å². The Morgan fingerprint density at radius 3 is 2.41 bits per heavy atom. The fourth-order valence-electron chi connectivity index (χ4n) is 3.43. The molecule has 1 aliphatic rings. The largest absolute Gasteiger partial charge is 0.443 e. The number of amides is 1. The van der Waals surface area contributed by atoms with Gasteiger partial charge in [-0.25, -0.2) is 4.98 Å². The number of hydrogen-bond donors (Lipinski definition) is 2. The molecule has 8 heteroatoms. The molecular weight excluding hydrogens is 481 g/mol. The summed E-state index contributed by atoms with van der Waals surface area (Å²) in [6, 6.07) is 0.312. The van der Waals surface area contributed by atoms with Gasteiger partial charge in [-0.15, -0.1) is 24.0 Å². The highest BCUT2D eigenvalue weighted by molar-refractivity contribution is 14.0. The minimum Gasteiger partial charge on any atom is -0.443 e.